The Kier molecular flexibility index (Phi) is 6.95. The van der Waals surface area contributed by atoms with Crippen LogP contribution in [0.3, 0.4) is 0 Å². The smallest absolute Gasteiger partial charge is 0.410 e. The molecule has 1 saturated heterocycles. The first kappa shape index (κ1) is 24.5. The standard InChI is InChI=1S/C16H22ClN5O8S/c1-16(2,3)30-15(24)20-6-7-21(9(8-20)13(23)29-4)12-10(22(25)26)11(17)18-14(19-12)31(5,27)28/h9H,6-8H2,1-5H3/t9-/m1/s1. The van der Waals surface area contributed by atoms with Crippen molar-refractivity contribution in [2.75, 3.05) is 37.9 Å². The molecule has 0 N–H and O–H groups in total. The molecular formula is C16H22ClN5O8S. The number of carbonyl (C=O) groups is 2. The molecule has 0 radical (unpaired) electrons. The number of amides is 1. The van der Waals surface area contributed by atoms with Gasteiger partial charge in [0.1, 0.15) is 11.6 Å². The maximum atomic E-state index is 12.4. The molecule has 1 aliphatic rings. The summed E-state index contributed by atoms with van der Waals surface area (Å²) in [5.41, 5.74) is -1.55. The summed E-state index contributed by atoms with van der Waals surface area (Å²) in [5, 5.41) is 10.1. The number of ether oxygens (including phenoxy) is 2. The predicted octanol–water partition coefficient (Wildman–Crippen LogP) is 1.04. The molecular weight excluding hydrogens is 458 g/mol. The van der Waals surface area contributed by atoms with E-state index in [9.17, 15) is 28.1 Å². The summed E-state index contributed by atoms with van der Waals surface area (Å²) in [4.78, 5) is 45.3. The van der Waals surface area contributed by atoms with Gasteiger partial charge in [-0.2, -0.15) is 9.97 Å². The van der Waals surface area contributed by atoms with E-state index in [2.05, 4.69) is 9.97 Å². The Morgan fingerprint density at radius 2 is 1.87 bits per heavy atom. The number of carbonyl (C=O) groups excluding carboxylic acids is 2. The van der Waals surface area contributed by atoms with Gasteiger partial charge in [0.15, 0.2) is 0 Å². The normalized spacial score (nSPS) is 17.3. The van der Waals surface area contributed by atoms with Crippen LogP contribution >= 0.6 is 11.6 Å². The number of esters is 1. The molecule has 1 aliphatic heterocycles. The number of anilines is 1. The van der Waals surface area contributed by atoms with Crippen molar-refractivity contribution in [2.24, 2.45) is 0 Å². The van der Waals surface area contributed by atoms with Gasteiger partial charge < -0.3 is 19.3 Å². The minimum Gasteiger partial charge on any atom is -0.467 e. The van der Waals surface area contributed by atoms with Crippen LogP contribution in [0.2, 0.25) is 5.15 Å². The zero-order valence-corrected chi connectivity index (χ0v) is 19.1. The lowest BCUT2D eigenvalue weighted by molar-refractivity contribution is -0.384. The van der Waals surface area contributed by atoms with Crippen LogP contribution in [-0.4, -0.2) is 84.9 Å². The lowest BCUT2D eigenvalue weighted by Crippen LogP contribution is -2.59. The van der Waals surface area contributed by atoms with Gasteiger partial charge in [0.25, 0.3) is 5.16 Å². The first-order valence-corrected chi connectivity index (χ1v) is 11.2. The average molecular weight is 480 g/mol. The molecule has 1 amide bonds. The number of aromatic nitrogens is 2. The first-order valence-electron chi connectivity index (χ1n) is 8.90. The minimum atomic E-state index is -3.97. The van der Waals surface area contributed by atoms with Crippen LogP contribution in [0, 0.1) is 10.1 Å². The van der Waals surface area contributed by atoms with E-state index in [1.807, 2.05) is 0 Å². The van der Waals surface area contributed by atoms with E-state index in [-0.39, 0.29) is 19.6 Å². The monoisotopic (exact) mass is 479 g/mol. The van der Waals surface area contributed by atoms with Crippen molar-refractivity contribution in [3.8, 4) is 0 Å². The fourth-order valence-electron chi connectivity index (χ4n) is 2.79. The van der Waals surface area contributed by atoms with Gasteiger partial charge in [0.2, 0.25) is 20.8 Å². The fourth-order valence-corrected chi connectivity index (χ4v) is 3.58. The third-order valence-electron chi connectivity index (χ3n) is 4.09. The Hall–Kier alpha value is -2.74. The van der Waals surface area contributed by atoms with Crippen molar-refractivity contribution in [3.63, 3.8) is 0 Å². The lowest BCUT2D eigenvalue weighted by atomic mass is 10.1. The van der Waals surface area contributed by atoms with Crippen molar-refractivity contribution < 1.29 is 32.4 Å². The zero-order chi connectivity index (χ0) is 23.7. The molecule has 1 aromatic heterocycles. The second kappa shape index (κ2) is 8.78. The Labute approximate surface area is 183 Å². The maximum Gasteiger partial charge on any atom is 0.410 e. The SMILES string of the molecule is COC(=O)[C@H]1CN(C(=O)OC(C)(C)C)CCN1c1nc(S(C)(=O)=O)nc(Cl)c1[N+](=O)[O-]. The van der Waals surface area contributed by atoms with Gasteiger partial charge in [0.05, 0.1) is 18.6 Å². The largest absolute Gasteiger partial charge is 0.467 e. The summed E-state index contributed by atoms with van der Waals surface area (Å²) in [5.74, 6) is -1.29. The summed E-state index contributed by atoms with van der Waals surface area (Å²) in [6.07, 6.45) is 0.125. The Balaban J connectivity index is 2.54. The molecule has 2 rings (SSSR count). The second-order valence-corrected chi connectivity index (χ2v) is 9.92. The molecule has 172 valence electrons. The van der Waals surface area contributed by atoms with E-state index in [4.69, 9.17) is 21.1 Å². The van der Waals surface area contributed by atoms with Gasteiger partial charge in [0, 0.05) is 19.3 Å². The first-order chi connectivity index (χ1) is 14.2. The van der Waals surface area contributed by atoms with Gasteiger partial charge in [-0.05, 0) is 20.8 Å². The highest BCUT2D eigenvalue weighted by atomic mass is 35.5. The molecule has 1 fully saturated rings. The Morgan fingerprint density at radius 3 is 2.35 bits per heavy atom. The summed E-state index contributed by atoms with van der Waals surface area (Å²) in [6, 6.07) is -1.23. The van der Waals surface area contributed by atoms with Crippen LogP contribution in [-0.2, 0) is 24.1 Å². The van der Waals surface area contributed by atoms with Crippen molar-refractivity contribution in [1.29, 1.82) is 0 Å². The number of rotatable bonds is 4. The third kappa shape index (κ3) is 5.70. The number of hydrogen-bond acceptors (Lipinski definition) is 11. The second-order valence-electron chi connectivity index (χ2n) is 7.66. The number of nitro groups is 1. The molecule has 0 aliphatic carbocycles. The highest BCUT2D eigenvalue weighted by Gasteiger charge is 2.41. The molecule has 0 saturated carbocycles. The van der Waals surface area contributed by atoms with E-state index in [0.29, 0.717) is 0 Å². The molecule has 0 aromatic carbocycles. The number of hydrogen-bond donors (Lipinski definition) is 0. The fraction of sp³-hybridized carbons (Fsp3) is 0.625. The predicted molar refractivity (Wildman–Crippen MR) is 108 cm³/mol. The summed E-state index contributed by atoms with van der Waals surface area (Å²) < 4.78 is 33.9. The van der Waals surface area contributed by atoms with Gasteiger partial charge in [-0.3, -0.25) is 10.1 Å². The summed E-state index contributed by atoms with van der Waals surface area (Å²) in [7, 11) is -2.87. The molecule has 31 heavy (non-hydrogen) atoms. The topological polar surface area (TPSA) is 162 Å². The molecule has 13 nitrogen and oxygen atoms in total. The van der Waals surface area contributed by atoms with Crippen molar-refractivity contribution in [2.45, 2.75) is 37.6 Å². The highest BCUT2D eigenvalue weighted by Crippen LogP contribution is 2.35. The van der Waals surface area contributed by atoms with Crippen LogP contribution in [0.4, 0.5) is 16.3 Å². The van der Waals surface area contributed by atoms with E-state index in [1.165, 1.54) is 9.80 Å². The van der Waals surface area contributed by atoms with Gasteiger partial charge in [-0.25, -0.2) is 18.0 Å². The Morgan fingerprint density at radius 1 is 1.26 bits per heavy atom. The molecule has 15 heteroatoms. The lowest BCUT2D eigenvalue weighted by Gasteiger charge is -2.40. The summed E-state index contributed by atoms with van der Waals surface area (Å²) in [6.45, 7) is 4.69. The zero-order valence-electron chi connectivity index (χ0n) is 17.5. The Bertz CT molecular complexity index is 1010. The summed E-state index contributed by atoms with van der Waals surface area (Å²) >= 11 is 5.88. The number of piperazine rings is 1. The average Bonchev–Trinajstić information content (AvgIpc) is 2.63. The van der Waals surface area contributed by atoms with Gasteiger partial charge in [-0.1, -0.05) is 11.6 Å². The van der Waals surface area contributed by atoms with Crippen molar-refractivity contribution in [1.82, 2.24) is 14.9 Å². The highest BCUT2D eigenvalue weighted by molar-refractivity contribution is 7.90. The van der Waals surface area contributed by atoms with Gasteiger partial charge in [-0.15, -0.1) is 0 Å². The molecule has 0 bridgehead atoms. The van der Waals surface area contributed by atoms with Crippen molar-refractivity contribution in [3.05, 3.63) is 15.3 Å². The van der Waals surface area contributed by atoms with E-state index in [0.717, 1.165) is 13.4 Å². The number of sulfone groups is 1. The van der Waals surface area contributed by atoms with E-state index < -0.39 is 60.3 Å². The quantitative estimate of drug-likeness (QED) is 0.199. The van der Waals surface area contributed by atoms with Crippen LogP contribution in [0.1, 0.15) is 20.8 Å². The minimum absolute atomic E-state index is 0.00932. The van der Waals surface area contributed by atoms with Crippen LogP contribution in [0.15, 0.2) is 5.16 Å². The van der Waals surface area contributed by atoms with Crippen LogP contribution < -0.4 is 4.90 Å². The molecule has 1 aromatic rings. The van der Waals surface area contributed by atoms with Gasteiger partial charge >= 0.3 is 17.7 Å². The van der Waals surface area contributed by atoms with Crippen LogP contribution in [0.5, 0.6) is 0 Å². The van der Waals surface area contributed by atoms with E-state index in [1.54, 1.807) is 20.8 Å². The van der Waals surface area contributed by atoms with Crippen molar-refractivity contribution >= 4 is 45.0 Å². The molecule has 0 unspecified atom stereocenters. The number of methoxy groups -OCH3 is 1. The number of nitrogens with zero attached hydrogens (tertiary/aromatic N) is 5. The molecule has 1 atom stereocenters. The molecule has 2 heterocycles. The third-order valence-corrected chi connectivity index (χ3v) is 5.20. The number of halogens is 1. The maximum absolute atomic E-state index is 12.4. The molecule has 0 spiro atoms. The van der Waals surface area contributed by atoms with Crippen LogP contribution in [0.25, 0.3) is 0 Å². The van der Waals surface area contributed by atoms with E-state index >= 15 is 0 Å².